The second kappa shape index (κ2) is 7.49. The first-order valence-electron chi connectivity index (χ1n) is 9.98. The van der Waals surface area contributed by atoms with Crippen molar-refractivity contribution < 1.29 is 9.26 Å². The number of benzene rings is 1. The lowest BCUT2D eigenvalue weighted by Crippen LogP contribution is -2.22. The fraction of sp³-hybridized carbons (Fsp3) is 0.318. The number of hydrogen-bond acceptors (Lipinski definition) is 7. The molecule has 1 aromatic carbocycles. The van der Waals surface area contributed by atoms with E-state index in [1.54, 1.807) is 11.6 Å². The predicted molar refractivity (Wildman–Crippen MR) is 110 cm³/mol. The molecule has 9 nitrogen and oxygen atoms in total. The quantitative estimate of drug-likeness (QED) is 0.503. The molecule has 4 heterocycles. The number of hydrogen-bond donors (Lipinski definition) is 0. The molecule has 9 heteroatoms. The third-order valence-corrected chi connectivity index (χ3v) is 5.66. The summed E-state index contributed by atoms with van der Waals surface area (Å²) in [5.41, 5.74) is 3.15. The maximum absolute atomic E-state index is 12.9. The van der Waals surface area contributed by atoms with Crippen LogP contribution in [0.5, 0.6) is 0 Å². The van der Waals surface area contributed by atoms with Gasteiger partial charge in [0, 0.05) is 19.2 Å². The van der Waals surface area contributed by atoms with E-state index in [1.165, 1.54) is 22.7 Å². The van der Waals surface area contributed by atoms with Crippen molar-refractivity contribution in [2.45, 2.75) is 31.9 Å². The van der Waals surface area contributed by atoms with Crippen LogP contribution in [0.2, 0.25) is 0 Å². The van der Waals surface area contributed by atoms with Crippen molar-refractivity contribution in [3.8, 4) is 6.07 Å². The van der Waals surface area contributed by atoms with Gasteiger partial charge in [-0.1, -0.05) is 35.0 Å². The molecule has 4 aromatic rings. The zero-order chi connectivity index (χ0) is 21.5. The highest BCUT2D eigenvalue weighted by molar-refractivity contribution is 5.80. The van der Waals surface area contributed by atoms with Gasteiger partial charge in [0.1, 0.15) is 23.6 Å². The summed E-state index contributed by atoms with van der Waals surface area (Å²) in [6.45, 7) is 2.65. The molecular formula is C22H20N6O3. The fourth-order valence-corrected chi connectivity index (χ4v) is 3.95. The van der Waals surface area contributed by atoms with Crippen molar-refractivity contribution in [2.75, 3.05) is 6.61 Å². The van der Waals surface area contributed by atoms with Gasteiger partial charge in [-0.2, -0.15) is 10.2 Å². The van der Waals surface area contributed by atoms with Crippen molar-refractivity contribution in [2.24, 2.45) is 7.05 Å². The normalized spacial score (nSPS) is 18.5. The summed E-state index contributed by atoms with van der Waals surface area (Å²) in [6.07, 6.45) is 3.77. The molecule has 3 aromatic heterocycles. The number of nitriles is 1. The molecule has 1 fully saturated rings. The van der Waals surface area contributed by atoms with Gasteiger partial charge in [0.25, 0.3) is 5.56 Å². The Labute approximate surface area is 177 Å². The average molecular weight is 416 g/mol. The van der Waals surface area contributed by atoms with Gasteiger partial charge in [0.15, 0.2) is 5.82 Å². The zero-order valence-corrected chi connectivity index (χ0v) is 17.1. The molecular weight excluding hydrogens is 396 g/mol. The number of aromatic nitrogens is 5. The number of fused-ring (bicyclic) bond motifs is 1. The molecule has 1 saturated heterocycles. The van der Waals surface area contributed by atoms with Gasteiger partial charge in [0.2, 0.25) is 5.89 Å². The second-order valence-corrected chi connectivity index (χ2v) is 7.85. The number of pyridine rings is 1. The third-order valence-electron chi connectivity index (χ3n) is 5.66. The van der Waals surface area contributed by atoms with Gasteiger partial charge in [-0.15, -0.1) is 0 Å². The molecule has 0 N–H and O–H groups in total. The zero-order valence-electron chi connectivity index (χ0n) is 17.1. The highest BCUT2D eigenvalue weighted by atomic mass is 16.5. The van der Waals surface area contributed by atoms with Gasteiger partial charge < -0.3 is 18.4 Å². The molecule has 2 atom stereocenters. The minimum Gasteiger partial charge on any atom is -0.373 e. The van der Waals surface area contributed by atoms with Crippen LogP contribution in [0.15, 0.2) is 46.1 Å². The molecule has 31 heavy (non-hydrogen) atoms. The summed E-state index contributed by atoms with van der Waals surface area (Å²) in [4.78, 5) is 21.5. The van der Waals surface area contributed by atoms with E-state index in [4.69, 9.17) is 9.26 Å². The minimum absolute atomic E-state index is 0.000560. The fourth-order valence-electron chi connectivity index (χ4n) is 3.95. The summed E-state index contributed by atoms with van der Waals surface area (Å²) in [7, 11) is 1.72. The van der Waals surface area contributed by atoms with Crippen molar-refractivity contribution >= 4 is 11.0 Å². The van der Waals surface area contributed by atoms with E-state index in [0.717, 1.165) is 12.0 Å². The Hall–Kier alpha value is -3.77. The van der Waals surface area contributed by atoms with Crippen LogP contribution in [0, 0.1) is 18.3 Å². The maximum Gasteiger partial charge on any atom is 0.277 e. The number of ether oxygens (including phenoxy) is 1. The smallest absolute Gasteiger partial charge is 0.277 e. The molecule has 0 bridgehead atoms. The Bertz CT molecular complexity index is 1360. The Morgan fingerprint density at radius 3 is 2.87 bits per heavy atom. The molecule has 0 saturated carbocycles. The Morgan fingerprint density at radius 1 is 1.29 bits per heavy atom. The molecule has 0 radical (unpaired) electrons. The number of rotatable bonds is 4. The molecule has 5 rings (SSSR count). The monoisotopic (exact) mass is 416 g/mol. The highest BCUT2D eigenvalue weighted by Gasteiger charge is 2.31. The summed E-state index contributed by atoms with van der Waals surface area (Å²) in [5, 5.41) is 13.5. The molecule has 1 aliphatic heterocycles. The predicted octanol–water partition coefficient (Wildman–Crippen LogP) is 2.59. The topological polar surface area (TPSA) is 112 Å². The van der Waals surface area contributed by atoms with E-state index < -0.39 is 0 Å². The summed E-state index contributed by atoms with van der Waals surface area (Å²) in [6, 6.07) is 10.4. The van der Waals surface area contributed by atoms with Gasteiger partial charge >= 0.3 is 0 Å². The van der Waals surface area contributed by atoms with Crippen LogP contribution >= 0.6 is 0 Å². The third kappa shape index (κ3) is 3.41. The van der Waals surface area contributed by atoms with Gasteiger partial charge in [0.05, 0.1) is 24.6 Å². The van der Waals surface area contributed by atoms with Crippen molar-refractivity contribution in [1.29, 1.82) is 5.26 Å². The standard InChI is InChI=1S/C22H20N6O3/c1-13-3-5-14(6-4-13)17-7-15(11-30-17)21-25-18(31-26-21)10-28-9-16(8-23)19-20(22(28)29)27(2)12-24-19/h3-6,9,12,15,17H,7,10-11H2,1-2H3/t15-,17+/m0/s1. The molecule has 0 unspecified atom stereocenters. The second-order valence-electron chi connectivity index (χ2n) is 7.85. The van der Waals surface area contributed by atoms with Crippen molar-refractivity contribution in [3.05, 3.63) is 75.5 Å². The van der Waals surface area contributed by atoms with E-state index in [1.807, 2.05) is 0 Å². The van der Waals surface area contributed by atoms with Gasteiger partial charge in [-0.3, -0.25) is 4.79 Å². The van der Waals surface area contributed by atoms with Crippen LogP contribution in [-0.4, -0.2) is 30.9 Å². The summed E-state index contributed by atoms with van der Waals surface area (Å²) >= 11 is 0. The highest BCUT2D eigenvalue weighted by Crippen LogP contribution is 2.37. The van der Waals surface area contributed by atoms with Crippen molar-refractivity contribution in [1.82, 2.24) is 24.3 Å². The van der Waals surface area contributed by atoms with Crippen LogP contribution < -0.4 is 5.56 Å². The largest absolute Gasteiger partial charge is 0.373 e. The first-order valence-corrected chi connectivity index (χ1v) is 9.98. The Balaban J connectivity index is 1.37. The van der Waals surface area contributed by atoms with Gasteiger partial charge in [-0.05, 0) is 18.9 Å². The van der Waals surface area contributed by atoms with Crippen LogP contribution in [0.25, 0.3) is 11.0 Å². The Kier molecular flexibility index (Phi) is 4.64. The van der Waals surface area contributed by atoms with E-state index in [9.17, 15) is 10.1 Å². The lowest BCUT2D eigenvalue weighted by atomic mass is 9.99. The average Bonchev–Trinajstić information content (AvgIpc) is 3.51. The SMILES string of the molecule is Cc1ccc([C@H]2C[C@H](c3noc(Cn4cc(C#N)c5ncn(C)c5c4=O)n3)CO2)cc1. The van der Waals surface area contributed by atoms with Crippen LogP contribution in [0.3, 0.4) is 0 Å². The van der Waals surface area contributed by atoms with Crippen LogP contribution in [0.1, 0.15) is 46.8 Å². The van der Waals surface area contributed by atoms with E-state index >= 15 is 0 Å². The maximum atomic E-state index is 12.9. The number of aryl methyl sites for hydroxylation is 2. The lowest BCUT2D eigenvalue weighted by Gasteiger charge is -2.09. The first kappa shape index (κ1) is 19.2. The van der Waals surface area contributed by atoms with Gasteiger partial charge in [-0.25, -0.2) is 4.98 Å². The molecule has 1 aliphatic rings. The number of imidazole rings is 1. The van der Waals surface area contributed by atoms with E-state index in [0.29, 0.717) is 34.9 Å². The van der Waals surface area contributed by atoms with E-state index in [-0.39, 0.29) is 24.1 Å². The first-order chi connectivity index (χ1) is 15.0. The molecule has 0 spiro atoms. The summed E-state index contributed by atoms with van der Waals surface area (Å²) < 4.78 is 14.4. The molecule has 0 amide bonds. The molecule has 156 valence electrons. The number of nitrogens with zero attached hydrogens (tertiary/aromatic N) is 6. The van der Waals surface area contributed by atoms with Crippen LogP contribution in [0.4, 0.5) is 0 Å². The summed E-state index contributed by atoms with van der Waals surface area (Å²) in [5.74, 6) is 0.899. The van der Waals surface area contributed by atoms with Crippen LogP contribution in [-0.2, 0) is 18.3 Å². The minimum atomic E-state index is -0.266. The Morgan fingerprint density at radius 2 is 2.10 bits per heavy atom. The van der Waals surface area contributed by atoms with E-state index in [2.05, 4.69) is 52.4 Å². The lowest BCUT2D eigenvalue weighted by molar-refractivity contribution is 0.110. The molecule has 0 aliphatic carbocycles. The van der Waals surface area contributed by atoms with Crippen molar-refractivity contribution in [3.63, 3.8) is 0 Å².